The van der Waals surface area contributed by atoms with Crippen LogP contribution in [0.1, 0.15) is 31.7 Å². The van der Waals surface area contributed by atoms with Gasteiger partial charge in [0.15, 0.2) is 5.96 Å². The van der Waals surface area contributed by atoms with Gasteiger partial charge >= 0.3 is 6.18 Å². The van der Waals surface area contributed by atoms with Gasteiger partial charge in [0.05, 0.1) is 13.7 Å². The van der Waals surface area contributed by atoms with Gasteiger partial charge in [-0.1, -0.05) is 25.1 Å². The molecule has 1 heterocycles. The van der Waals surface area contributed by atoms with Crippen molar-refractivity contribution in [1.82, 2.24) is 15.5 Å². The number of methoxy groups -OCH3 is 1. The zero-order valence-corrected chi connectivity index (χ0v) is 16.1. The Kier molecular flexibility index (Phi) is 7.77. The van der Waals surface area contributed by atoms with Crippen LogP contribution in [0.3, 0.4) is 0 Å². The number of benzene rings is 1. The lowest BCUT2D eigenvalue weighted by molar-refractivity contribution is -0.143. The van der Waals surface area contributed by atoms with Gasteiger partial charge in [-0.3, -0.25) is 9.89 Å². The Hall–Kier alpha value is -1.96. The molecule has 0 radical (unpaired) electrons. The minimum atomic E-state index is -4.16. The van der Waals surface area contributed by atoms with Crippen LogP contribution in [0.15, 0.2) is 29.3 Å². The van der Waals surface area contributed by atoms with Crippen LogP contribution in [0.4, 0.5) is 13.2 Å². The Bertz CT molecular complexity index is 621. The molecule has 0 amide bonds. The lowest BCUT2D eigenvalue weighted by Crippen LogP contribution is -2.45. The first-order valence-corrected chi connectivity index (χ1v) is 9.29. The molecule has 0 aliphatic carbocycles. The molecule has 1 aliphatic heterocycles. The molecule has 1 aromatic rings. The van der Waals surface area contributed by atoms with E-state index in [9.17, 15) is 13.2 Å². The molecule has 1 aliphatic rings. The van der Waals surface area contributed by atoms with Gasteiger partial charge in [0.2, 0.25) is 0 Å². The van der Waals surface area contributed by atoms with Crippen molar-refractivity contribution >= 4 is 5.96 Å². The predicted octanol–water partition coefficient (Wildman–Crippen LogP) is 2.99. The van der Waals surface area contributed by atoms with Crippen molar-refractivity contribution in [2.24, 2.45) is 4.99 Å². The second kappa shape index (κ2) is 9.82. The highest BCUT2D eigenvalue weighted by Gasteiger charge is 2.34. The van der Waals surface area contributed by atoms with Crippen molar-refractivity contribution in [2.45, 2.75) is 38.4 Å². The quantitative estimate of drug-likeness (QED) is 0.559. The van der Waals surface area contributed by atoms with Crippen LogP contribution in [-0.4, -0.2) is 62.9 Å². The molecule has 2 unspecified atom stereocenters. The Morgan fingerprint density at radius 2 is 2.11 bits per heavy atom. The maximum Gasteiger partial charge on any atom is 0.401 e. The van der Waals surface area contributed by atoms with Crippen LogP contribution < -0.4 is 15.4 Å². The first-order chi connectivity index (χ1) is 12.8. The Morgan fingerprint density at radius 1 is 1.37 bits per heavy atom. The average molecular weight is 386 g/mol. The smallest absolute Gasteiger partial charge is 0.401 e. The molecular weight excluding hydrogens is 357 g/mol. The number of ether oxygens (including phenoxy) is 1. The summed E-state index contributed by atoms with van der Waals surface area (Å²) in [6, 6.07) is 7.80. The molecule has 1 aromatic carbocycles. The van der Waals surface area contributed by atoms with E-state index in [0.717, 1.165) is 11.3 Å². The zero-order chi connectivity index (χ0) is 19.9. The van der Waals surface area contributed by atoms with Gasteiger partial charge in [-0.15, -0.1) is 0 Å². The van der Waals surface area contributed by atoms with Gasteiger partial charge in [-0.2, -0.15) is 13.2 Å². The third-order valence-corrected chi connectivity index (χ3v) is 4.55. The van der Waals surface area contributed by atoms with Crippen LogP contribution in [0, 0.1) is 0 Å². The van der Waals surface area contributed by atoms with Gasteiger partial charge in [0.1, 0.15) is 5.75 Å². The largest absolute Gasteiger partial charge is 0.496 e. The SMILES string of the molecule is CCNC(=NCC(C)c1ccccc1OC)NC1CCN(CC(F)(F)F)C1. The van der Waals surface area contributed by atoms with E-state index in [2.05, 4.69) is 22.5 Å². The zero-order valence-electron chi connectivity index (χ0n) is 16.1. The Morgan fingerprint density at radius 3 is 2.78 bits per heavy atom. The molecule has 0 aromatic heterocycles. The normalized spacial score (nSPS) is 19.8. The summed E-state index contributed by atoms with van der Waals surface area (Å²) in [7, 11) is 1.65. The monoisotopic (exact) mass is 386 g/mol. The highest BCUT2D eigenvalue weighted by Crippen LogP contribution is 2.26. The first-order valence-electron chi connectivity index (χ1n) is 9.29. The van der Waals surface area contributed by atoms with Gasteiger partial charge in [-0.05, 0) is 25.0 Å². The maximum absolute atomic E-state index is 12.5. The number of halogens is 3. The third-order valence-electron chi connectivity index (χ3n) is 4.55. The lowest BCUT2D eigenvalue weighted by atomic mass is 10.0. The highest BCUT2D eigenvalue weighted by molar-refractivity contribution is 5.80. The summed E-state index contributed by atoms with van der Waals surface area (Å²) in [5, 5.41) is 6.44. The number of hydrogen-bond donors (Lipinski definition) is 2. The van der Waals surface area contributed by atoms with Crippen molar-refractivity contribution in [1.29, 1.82) is 0 Å². The summed E-state index contributed by atoms with van der Waals surface area (Å²) in [6.45, 7) is 5.23. The van der Waals surface area contributed by atoms with E-state index in [0.29, 0.717) is 38.6 Å². The molecule has 2 N–H and O–H groups in total. The number of nitrogens with zero attached hydrogens (tertiary/aromatic N) is 2. The van der Waals surface area contributed by atoms with E-state index in [1.807, 2.05) is 31.2 Å². The Balaban J connectivity index is 1.94. The number of aliphatic imine (C=N–C) groups is 1. The summed E-state index contributed by atoms with van der Waals surface area (Å²) in [5.41, 5.74) is 1.08. The van der Waals surface area contributed by atoms with E-state index in [4.69, 9.17) is 4.74 Å². The van der Waals surface area contributed by atoms with Gasteiger partial charge in [0.25, 0.3) is 0 Å². The molecule has 1 fully saturated rings. The molecule has 8 heteroatoms. The standard InChI is InChI=1S/C19H29F3N4O/c1-4-23-18(25-15-9-10-26(12-15)13-19(20,21)22)24-11-14(2)16-7-5-6-8-17(16)27-3/h5-8,14-15H,4,9-13H2,1-3H3,(H2,23,24,25). The van der Waals surface area contributed by atoms with Crippen molar-refractivity contribution in [3.8, 4) is 5.75 Å². The van der Waals surface area contributed by atoms with Crippen LogP contribution in [0.5, 0.6) is 5.75 Å². The van der Waals surface area contributed by atoms with Gasteiger partial charge < -0.3 is 15.4 Å². The second-order valence-electron chi connectivity index (χ2n) is 6.84. The molecule has 2 atom stereocenters. The maximum atomic E-state index is 12.5. The second-order valence-corrected chi connectivity index (χ2v) is 6.84. The number of guanidine groups is 1. The Labute approximate surface area is 159 Å². The minimum Gasteiger partial charge on any atom is -0.496 e. The van der Waals surface area contributed by atoms with Crippen molar-refractivity contribution in [3.05, 3.63) is 29.8 Å². The molecule has 5 nitrogen and oxygen atoms in total. The number of rotatable bonds is 7. The fourth-order valence-corrected chi connectivity index (χ4v) is 3.26. The summed E-state index contributed by atoms with van der Waals surface area (Å²) in [5.74, 6) is 1.62. The van der Waals surface area contributed by atoms with Crippen molar-refractivity contribution < 1.29 is 17.9 Å². The summed E-state index contributed by atoms with van der Waals surface area (Å²) in [6.07, 6.45) is -3.49. The van der Waals surface area contributed by atoms with Crippen LogP contribution in [0.2, 0.25) is 0 Å². The fourth-order valence-electron chi connectivity index (χ4n) is 3.26. The van der Waals surface area contributed by atoms with E-state index in [-0.39, 0.29) is 12.0 Å². The summed E-state index contributed by atoms with van der Waals surface area (Å²) in [4.78, 5) is 6.06. The number of alkyl halides is 3. The van der Waals surface area contributed by atoms with Gasteiger partial charge in [0, 0.05) is 38.1 Å². The summed E-state index contributed by atoms with van der Waals surface area (Å²) >= 11 is 0. The van der Waals surface area contributed by atoms with Crippen LogP contribution in [-0.2, 0) is 0 Å². The number of nitrogens with one attached hydrogen (secondary N) is 2. The minimum absolute atomic E-state index is 0.0354. The van der Waals surface area contributed by atoms with E-state index in [1.54, 1.807) is 7.11 Å². The predicted molar refractivity (Wildman–Crippen MR) is 101 cm³/mol. The van der Waals surface area contributed by atoms with E-state index in [1.165, 1.54) is 4.90 Å². The van der Waals surface area contributed by atoms with E-state index < -0.39 is 12.7 Å². The molecule has 0 saturated carbocycles. The number of likely N-dealkylation sites (tertiary alicyclic amines) is 1. The first kappa shape index (κ1) is 21.3. The number of para-hydroxylation sites is 1. The molecule has 0 spiro atoms. The average Bonchev–Trinajstić information content (AvgIpc) is 3.04. The lowest BCUT2D eigenvalue weighted by Gasteiger charge is -2.20. The topological polar surface area (TPSA) is 48.9 Å². The molecule has 2 rings (SSSR count). The number of hydrogen-bond acceptors (Lipinski definition) is 3. The molecular formula is C19H29F3N4O. The molecule has 152 valence electrons. The molecule has 27 heavy (non-hydrogen) atoms. The molecule has 1 saturated heterocycles. The van der Waals surface area contributed by atoms with Crippen LogP contribution in [0.25, 0.3) is 0 Å². The highest BCUT2D eigenvalue weighted by atomic mass is 19.4. The van der Waals surface area contributed by atoms with Crippen molar-refractivity contribution in [3.63, 3.8) is 0 Å². The molecule has 0 bridgehead atoms. The van der Waals surface area contributed by atoms with Crippen LogP contribution >= 0.6 is 0 Å². The summed E-state index contributed by atoms with van der Waals surface area (Å²) < 4.78 is 43.0. The van der Waals surface area contributed by atoms with Gasteiger partial charge in [-0.25, -0.2) is 0 Å². The van der Waals surface area contributed by atoms with Crippen molar-refractivity contribution in [2.75, 3.05) is 39.8 Å². The van der Waals surface area contributed by atoms with E-state index >= 15 is 0 Å². The third kappa shape index (κ3) is 6.93. The fraction of sp³-hybridized carbons (Fsp3) is 0.632.